The highest BCUT2D eigenvalue weighted by Crippen LogP contribution is 2.36. The van der Waals surface area contributed by atoms with Crippen LogP contribution in [0.1, 0.15) is 0 Å². The van der Waals surface area contributed by atoms with Gasteiger partial charge in [-0.2, -0.15) is 5.11 Å². The summed E-state index contributed by atoms with van der Waals surface area (Å²) in [6.07, 6.45) is 0. The van der Waals surface area contributed by atoms with E-state index in [1.807, 2.05) is 60.7 Å². The molecule has 0 saturated heterocycles. The summed E-state index contributed by atoms with van der Waals surface area (Å²) in [7, 11) is 0. The Balaban J connectivity index is 2.05. The fourth-order valence-corrected chi connectivity index (χ4v) is 2.20. The molecule has 3 aromatic rings. The Kier molecular flexibility index (Phi) is 4.29. The summed E-state index contributed by atoms with van der Waals surface area (Å²) < 4.78 is 5.34. The van der Waals surface area contributed by atoms with E-state index in [1.54, 1.807) is 6.07 Å². The predicted molar refractivity (Wildman–Crippen MR) is 87.7 cm³/mol. The molecule has 0 atom stereocenters. The molecule has 0 saturated carbocycles. The van der Waals surface area contributed by atoms with Crippen LogP contribution in [-0.4, -0.2) is 17.7 Å². The zero-order chi connectivity index (χ0) is 16.1. The van der Waals surface area contributed by atoms with Crippen molar-refractivity contribution in [3.63, 3.8) is 0 Å². The van der Waals surface area contributed by atoms with Crippen LogP contribution in [0.4, 0.5) is 11.4 Å². The Morgan fingerprint density at radius 2 is 1.65 bits per heavy atom. The number of carboxylic acid groups (broad SMARTS) is 1. The molecule has 23 heavy (non-hydrogen) atoms. The molecule has 0 aliphatic heterocycles. The van der Waals surface area contributed by atoms with Crippen molar-refractivity contribution in [1.29, 1.82) is 0 Å². The van der Waals surface area contributed by atoms with Gasteiger partial charge in [0.1, 0.15) is 11.4 Å². The van der Waals surface area contributed by atoms with Crippen molar-refractivity contribution >= 4 is 28.1 Å². The fraction of sp³-hybridized carbons (Fsp3) is 0.0556. The van der Waals surface area contributed by atoms with Gasteiger partial charge in [-0.3, -0.25) is 0 Å². The lowest BCUT2D eigenvalue weighted by Crippen LogP contribution is -2.09. The van der Waals surface area contributed by atoms with Crippen molar-refractivity contribution in [2.24, 2.45) is 10.2 Å². The highest BCUT2D eigenvalue weighted by atomic mass is 16.5. The molecule has 1 N–H and O–H groups in total. The number of carbonyl (C=O) groups is 1. The predicted octanol–water partition coefficient (Wildman–Crippen LogP) is 4.72. The van der Waals surface area contributed by atoms with Crippen LogP contribution in [0.15, 0.2) is 77.0 Å². The third-order valence-electron chi connectivity index (χ3n) is 3.24. The minimum Gasteiger partial charge on any atom is -0.480 e. The molecule has 3 rings (SSSR count). The van der Waals surface area contributed by atoms with Crippen LogP contribution in [0.25, 0.3) is 10.8 Å². The molecule has 114 valence electrons. The Bertz CT molecular complexity index is 861. The largest absolute Gasteiger partial charge is 0.480 e. The lowest BCUT2D eigenvalue weighted by molar-refractivity contribution is -0.139. The van der Waals surface area contributed by atoms with Crippen molar-refractivity contribution in [3.8, 4) is 5.75 Å². The van der Waals surface area contributed by atoms with E-state index in [9.17, 15) is 4.79 Å². The van der Waals surface area contributed by atoms with E-state index in [0.29, 0.717) is 17.1 Å². The molecule has 0 aromatic heterocycles. The average Bonchev–Trinajstić information content (AvgIpc) is 2.59. The second-order valence-corrected chi connectivity index (χ2v) is 4.85. The maximum absolute atomic E-state index is 10.7. The molecule has 5 nitrogen and oxygen atoms in total. The molecule has 0 aliphatic carbocycles. The average molecular weight is 306 g/mol. The van der Waals surface area contributed by atoms with Crippen LogP contribution in [0.2, 0.25) is 0 Å². The number of hydrogen-bond donors (Lipinski definition) is 1. The van der Waals surface area contributed by atoms with Crippen LogP contribution in [-0.2, 0) is 4.79 Å². The number of ether oxygens (including phenoxy) is 1. The first-order chi connectivity index (χ1) is 11.2. The van der Waals surface area contributed by atoms with E-state index in [2.05, 4.69) is 10.2 Å². The molecule has 0 amide bonds. The van der Waals surface area contributed by atoms with Gasteiger partial charge in [-0.25, -0.2) is 4.79 Å². The van der Waals surface area contributed by atoms with Crippen LogP contribution in [0, 0.1) is 0 Å². The maximum atomic E-state index is 10.7. The second-order valence-electron chi connectivity index (χ2n) is 4.85. The third kappa shape index (κ3) is 3.52. The number of azo groups is 1. The molecule has 0 radical (unpaired) electrons. The smallest absolute Gasteiger partial charge is 0.341 e. The monoisotopic (exact) mass is 306 g/mol. The third-order valence-corrected chi connectivity index (χ3v) is 3.24. The summed E-state index contributed by atoms with van der Waals surface area (Å²) in [5.74, 6) is -0.644. The number of benzene rings is 3. The standard InChI is InChI=1S/C18H14N2O3/c21-17(22)12-23-16-11-10-13-6-4-5-9-15(13)18(16)20-19-14-7-2-1-3-8-14/h1-11H,12H2,(H,21,22). The van der Waals surface area contributed by atoms with Gasteiger partial charge in [-0.05, 0) is 23.6 Å². The summed E-state index contributed by atoms with van der Waals surface area (Å²) in [5, 5.41) is 19.1. The van der Waals surface area contributed by atoms with Crippen molar-refractivity contribution in [3.05, 3.63) is 66.7 Å². The van der Waals surface area contributed by atoms with Crippen LogP contribution >= 0.6 is 0 Å². The van der Waals surface area contributed by atoms with Gasteiger partial charge in [-0.15, -0.1) is 5.11 Å². The first-order valence-electron chi connectivity index (χ1n) is 7.07. The summed E-state index contributed by atoms with van der Waals surface area (Å²) in [5.41, 5.74) is 1.23. The number of carboxylic acids is 1. The first-order valence-corrected chi connectivity index (χ1v) is 7.07. The minimum atomic E-state index is -1.04. The molecular weight excluding hydrogens is 292 g/mol. The van der Waals surface area contributed by atoms with Crippen molar-refractivity contribution in [2.45, 2.75) is 0 Å². The van der Waals surface area contributed by atoms with Crippen molar-refractivity contribution in [2.75, 3.05) is 6.61 Å². The van der Waals surface area contributed by atoms with E-state index in [0.717, 1.165) is 10.8 Å². The summed E-state index contributed by atoms with van der Waals surface area (Å²) >= 11 is 0. The van der Waals surface area contributed by atoms with E-state index in [1.165, 1.54) is 0 Å². The summed E-state index contributed by atoms with van der Waals surface area (Å²) in [4.78, 5) is 10.7. The van der Waals surface area contributed by atoms with Gasteiger partial charge in [0.2, 0.25) is 0 Å². The van der Waals surface area contributed by atoms with Gasteiger partial charge in [0.05, 0.1) is 5.69 Å². The normalized spacial score (nSPS) is 11.0. The van der Waals surface area contributed by atoms with Crippen LogP contribution < -0.4 is 4.74 Å². The van der Waals surface area contributed by atoms with Gasteiger partial charge in [-0.1, -0.05) is 48.5 Å². The van der Waals surface area contributed by atoms with Gasteiger partial charge in [0.25, 0.3) is 0 Å². The maximum Gasteiger partial charge on any atom is 0.341 e. The van der Waals surface area contributed by atoms with Gasteiger partial charge in [0, 0.05) is 5.39 Å². The topological polar surface area (TPSA) is 71.2 Å². The molecular formula is C18H14N2O3. The SMILES string of the molecule is O=C(O)COc1ccc2ccccc2c1N=Nc1ccccc1. The Hall–Kier alpha value is -3.21. The van der Waals surface area contributed by atoms with Crippen molar-refractivity contribution < 1.29 is 14.6 Å². The molecule has 5 heteroatoms. The highest BCUT2D eigenvalue weighted by molar-refractivity contribution is 5.95. The van der Waals surface area contributed by atoms with E-state index in [4.69, 9.17) is 9.84 Å². The molecule has 0 unspecified atom stereocenters. The lowest BCUT2D eigenvalue weighted by Gasteiger charge is -2.09. The Morgan fingerprint density at radius 1 is 0.913 bits per heavy atom. The van der Waals surface area contributed by atoms with Gasteiger partial charge < -0.3 is 9.84 Å². The quantitative estimate of drug-likeness (QED) is 0.693. The van der Waals surface area contributed by atoms with E-state index < -0.39 is 12.6 Å². The van der Waals surface area contributed by atoms with E-state index in [-0.39, 0.29) is 0 Å². The van der Waals surface area contributed by atoms with E-state index >= 15 is 0 Å². The lowest BCUT2D eigenvalue weighted by atomic mass is 10.1. The molecule has 0 heterocycles. The summed E-state index contributed by atoms with van der Waals surface area (Å²) in [6, 6.07) is 20.6. The van der Waals surface area contributed by atoms with Crippen LogP contribution in [0.5, 0.6) is 5.75 Å². The van der Waals surface area contributed by atoms with Gasteiger partial charge >= 0.3 is 5.97 Å². The molecule has 0 fully saturated rings. The van der Waals surface area contributed by atoms with Gasteiger partial charge in [0.15, 0.2) is 6.61 Å². The zero-order valence-corrected chi connectivity index (χ0v) is 12.2. The highest BCUT2D eigenvalue weighted by Gasteiger charge is 2.10. The molecule has 0 aliphatic rings. The number of hydrogen-bond acceptors (Lipinski definition) is 4. The number of fused-ring (bicyclic) bond motifs is 1. The Morgan fingerprint density at radius 3 is 2.43 bits per heavy atom. The number of rotatable bonds is 5. The molecule has 0 bridgehead atoms. The molecule has 3 aromatic carbocycles. The zero-order valence-electron chi connectivity index (χ0n) is 12.2. The number of nitrogens with zero attached hydrogens (tertiary/aromatic N) is 2. The fourth-order valence-electron chi connectivity index (χ4n) is 2.20. The second kappa shape index (κ2) is 6.70. The summed E-state index contributed by atoms with van der Waals surface area (Å²) in [6.45, 7) is -0.424. The Labute approximate surface area is 132 Å². The first kappa shape index (κ1) is 14.7. The van der Waals surface area contributed by atoms with Crippen LogP contribution in [0.3, 0.4) is 0 Å². The number of aliphatic carboxylic acids is 1. The molecule has 0 spiro atoms. The minimum absolute atomic E-state index is 0.394. The van der Waals surface area contributed by atoms with Crippen molar-refractivity contribution in [1.82, 2.24) is 0 Å².